The number of hydrogen-bond acceptors (Lipinski definition) is 3. The molecule has 0 atom stereocenters. The van der Waals surface area contributed by atoms with Gasteiger partial charge in [0.25, 0.3) is 0 Å². The predicted octanol–water partition coefficient (Wildman–Crippen LogP) is 1.10. The largest absolute Gasteiger partial charge is 0.380 e. The van der Waals surface area contributed by atoms with Gasteiger partial charge in [-0.25, -0.2) is 0 Å². The zero-order valence-corrected chi connectivity index (χ0v) is 9.59. The highest BCUT2D eigenvalue weighted by Gasteiger charge is 2.20. The lowest BCUT2D eigenvalue weighted by molar-refractivity contribution is 0.142. The second kappa shape index (κ2) is 7.21. The summed E-state index contributed by atoms with van der Waals surface area (Å²) < 4.78 is 5.24. The zero-order chi connectivity index (χ0) is 10.2. The van der Waals surface area contributed by atoms with Crippen LogP contribution < -0.4 is 5.32 Å². The molecule has 1 fully saturated rings. The smallest absolute Gasteiger partial charge is 0.0590 e. The first kappa shape index (κ1) is 12.0. The van der Waals surface area contributed by atoms with Crippen LogP contribution in [0.4, 0.5) is 0 Å². The lowest BCUT2D eigenvalue weighted by Gasteiger charge is -2.34. The Hall–Kier alpha value is -0.120. The molecule has 3 nitrogen and oxygen atoms in total. The van der Waals surface area contributed by atoms with Crippen LogP contribution in [-0.2, 0) is 4.74 Å². The van der Waals surface area contributed by atoms with E-state index in [0.717, 1.165) is 38.9 Å². The van der Waals surface area contributed by atoms with E-state index in [9.17, 15) is 0 Å². The Bertz CT molecular complexity index is 137. The molecule has 1 rings (SSSR count). The summed E-state index contributed by atoms with van der Waals surface area (Å²) in [5.74, 6) is 0. The van der Waals surface area contributed by atoms with Crippen molar-refractivity contribution in [3.63, 3.8) is 0 Å². The number of likely N-dealkylation sites (N-methyl/N-ethyl adjacent to an activating group) is 1. The van der Waals surface area contributed by atoms with Gasteiger partial charge in [0.05, 0.1) is 6.61 Å². The van der Waals surface area contributed by atoms with Gasteiger partial charge in [0.2, 0.25) is 0 Å². The zero-order valence-electron chi connectivity index (χ0n) is 9.59. The molecule has 84 valence electrons. The van der Waals surface area contributed by atoms with E-state index in [-0.39, 0.29) is 0 Å². The molecule has 0 aliphatic heterocycles. The minimum absolute atomic E-state index is 0.823. The first-order valence-electron chi connectivity index (χ1n) is 5.83. The second-order valence-electron chi connectivity index (χ2n) is 4.01. The Kier molecular flexibility index (Phi) is 6.15. The fourth-order valence-corrected chi connectivity index (χ4v) is 1.68. The van der Waals surface area contributed by atoms with Crippen LogP contribution in [0.15, 0.2) is 0 Å². The minimum atomic E-state index is 0.823. The molecule has 0 aromatic carbocycles. The van der Waals surface area contributed by atoms with Gasteiger partial charge in [0.15, 0.2) is 0 Å². The van der Waals surface area contributed by atoms with Crippen LogP contribution in [0.2, 0.25) is 0 Å². The van der Waals surface area contributed by atoms with Gasteiger partial charge < -0.3 is 15.0 Å². The predicted molar refractivity (Wildman–Crippen MR) is 59.6 cm³/mol. The highest BCUT2D eigenvalue weighted by atomic mass is 16.5. The van der Waals surface area contributed by atoms with Gasteiger partial charge >= 0.3 is 0 Å². The highest BCUT2D eigenvalue weighted by molar-refractivity contribution is 4.77. The van der Waals surface area contributed by atoms with Crippen LogP contribution in [0, 0.1) is 0 Å². The van der Waals surface area contributed by atoms with Gasteiger partial charge in [0.1, 0.15) is 0 Å². The van der Waals surface area contributed by atoms with Crippen LogP contribution in [0.3, 0.4) is 0 Å². The van der Waals surface area contributed by atoms with Gasteiger partial charge in [0, 0.05) is 32.3 Å². The molecule has 1 saturated carbocycles. The van der Waals surface area contributed by atoms with Crippen LogP contribution in [0.5, 0.6) is 0 Å². The Labute approximate surface area is 87.8 Å². The second-order valence-corrected chi connectivity index (χ2v) is 4.01. The van der Waals surface area contributed by atoms with Gasteiger partial charge in [-0.15, -0.1) is 0 Å². The Morgan fingerprint density at radius 3 is 2.71 bits per heavy atom. The molecule has 0 heterocycles. The lowest BCUT2D eigenvalue weighted by Crippen LogP contribution is -2.41. The van der Waals surface area contributed by atoms with E-state index in [2.05, 4.69) is 17.3 Å². The van der Waals surface area contributed by atoms with E-state index in [1.54, 1.807) is 0 Å². The lowest BCUT2D eigenvalue weighted by atomic mass is 9.92. The molecule has 0 spiro atoms. The molecule has 1 N–H and O–H groups in total. The van der Waals surface area contributed by atoms with E-state index in [1.807, 2.05) is 6.92 Å². The quantitative estimate of drug-likeness (QED) is 0.594. The molecule has 0 unspecified atom stereocenters. The van der Waals surface area contributed by atoms with Gasteiger partial charge in [-0.3, -0.25) is 0 Å². The third kappa shape index (κ3) is 4.40. The standard InChI is InChI=1S/C11H24N2O/c1-3-14-10-8-12-7-9-13(2)11-5-4-6-11/h11-12H,3-10H2,1-2H3. The first-order valence-corrected chi connectivity index (χ1v) is 5.83. The number of ether oxygens (including phenoxy) is 1. The molecular weight excluding hydrogens is 176 g/mol. The van der Waals surface area contributed by atoms with Crippen molar-refractivity contribution in [2.24, 2.45) is 0 Å². The summed E-state index contributed by atoms with van der Waals surface area (Å²) in [5.41, 5.74) is 0. The van der Waals surface area contributed by atoms with Crippen molar-refractivity contribution in [1.82, 2.24) is 10.2 Å². The number of hydrogen-bond donors (Lipinski definition) is 1. The maximum Gasteiger partial charge on any atom is 0.0590 e. The van der Waals surface area contributed by atoms with E-state index >= 15 is 0 Å². The van der Waals surface area contributed by atoms with Crippen molar-refractivity contribution in [3.05, 3.63) is 0 Å². The Morgan fingerprint density at radius 1 is 1.36 bits per heavy atom. The van der Waals surface area contributed by atoms with Gasteiger partial charge in [-0.1, -0.05) is 6.42 Å². The summed E-state index contributed by atoms with van der Waals surface area (Å²) >= 11 is 0. The number of nitrogens with zero attached hydrogens (tertiary/aromatic N) is 1. The first-order chi connectivity index (χ1) is 6.84. The third-order valence-corrected chi connectivity index (χ3v) is 2.97. The van der Waals surface area contributed by atoms with Gasteiger partial charge in [-0.2, -0.15) is 0 Å². The van der Waals surface area contributed by atoms with Crippen molar-refractivity contribution < 1.29 is 4.74 Å². The van der Waals surface area contributed by atoms with Crippen molar-refractivity contribution in [2.75, 3.05) is 39.9 Å². The SMILES string of the molecule is CCOCCNCCN(C)C1CCC1. The van der Waals surface area contributed by atoms with E-state index < -0.39 is 0 Å². The molecule has 0 amide bonds. The topological polar surface area (TPSA) is 24.5 Å². The minimum Gasteiger partial charge on any atom is -0.380 e. The van der Waals surface area contributed by atoms with Crippen molar-refractivity contribution in [1.29, 1.82) is 0 Å². The average Bonchev–Trinajstić information content (AvgIpc) is 2.08. The van der Waals surface area contributed by atoms with Crippen LogP contribution >= 0.6 is 0 Å². The summed E-state index contributed by atoms with van der Waals surface area (Å²) in [5, 5.41) is 3.39. The summed E-state index contributed by atoms with van der Waals surface area (Å²) in [6, 6.07) is 0.865. The van der Waals surface area contributed by atoms with E-state index in [0.29, 0.717) is 0 Å². The van der Waals surface area contributed by atoms with E-state index in [1.165, 1.54) is 19.3 Å². The third-order valence-electron chi connectivity index (χ3n) is 2.97. The van der Waals surface area contributed by atoms with Crippen LogP contribution in [0.25, 0.3) is 0 Å². The molecule has 0 aromatic rings. The van der Waals surface area contributed by atoms with Gasteiger partial charge in [-0.05, 0) is 26.8 Å². The fourth-order valence-electron chi connectivity index (χ4n) is 1.68. The molecule has 0 radical (unpaired) electrons. The maximum atomic E-state index is 5.24. The highest BCUT2D eigenvalue weighted by Crippen LogP contribution is 2.22. The summed E-state index contributed by atoms with van der Waals surface area (Å²) in [6.07, 6.45) is 4.22. The molecule has 1 aliphatic carbocycles. The van der Waals surface area contributed by atoms with Crippen molar-refractivity contribution in [3.8, 4) is 0 Å². The summed E-state index contributed by atoms with van der Waals surface area (Å²) in [4.78, 5) is 2.47. The summed E-state index contributed by atoms with van der Waals surface area (Å²) in [7, 11) is 2.23. The molecule has 0 saturated heterocycles. The number of rotatable bonds is 8. The molecule has 14 heavy (non-hydrogen) atoms. The average molecular weight is 200 g/mol. The van der Waals surface area contributed by atoms with Crippen LogP contribution in [-0.4, -0.2) is 50.8 Å². The monoisotopic (exact) mass is 200 g/mol. The fraction of sp³-hybridized carbons (Fsp3) is 1.00. The maximum absolute atomic E-state index is 5.24. The van der Waals surface area contributed by atoms with Crippen LogP contribution in [0.1, 0.15) is 26.2 Å². The van der Waals surface area contributed by atoms with E-state index in [4.69, 9.17) is 4.74 Å². The molecule has 3 heteroatoms. The van der Waals surface area contributed by atoms with Crippen molar-refractivity contribution in [2.45, 2.75) is 32.2 Å². The van der Waals surface area contributed by atoms with Crippen molar-refractivity contribution >= 4 is 0 Å². The Balaban J connectivity index is 1.82. The molecule has 1 aliphatic rings. The number of nitrogens with one attached hydrogen (secondary N) is 1. The molecule has 0 aromatic heterocycles. The normalized spacial score (nSPS) is 17.4. The molecular formula is C11H24N2O. The summed E-state index contributed by atoms with van der Waals surface area (Å²) in [6.45, 7) is 6.92. The Morgan fingerprint density at radius 2 is 2.14 bits per heavy atom. The molecule has 0 bridgehead atoms.